The van der Waals surface area contributed by atoms with Crippen molar-refractivity contribution in [1.29, 1.82) is 0 Å². The third kappa shape index (κ3) is 2.74. The Balaban J connectivity index is 2.31. The first-order chi connectivity index (χ1) is 10.6. The summed E-state index contributed by atoms with van der Waals surface area (Å²) in [4.78, 5) is 3.52. The second kappa shape index (κ2) is 6.33. The van der Waals surface area contributed by atoms with Crippen LogP contribution < -0.4 is 5.73 Å². The number of aromatic nitrogens is 1. The number of hydrogen-bond acceptors (Lipinski definition) is 1. The predicted octanol–water partition coefficient (Wildman–Crippen LogP) is 5.21. The minimum atomic E-state index is 0.630. The summed E-state index contributed by atoms with van der Waals surface area (Å²) in [6.07, 6.45) is 1.81. The molecule has 1 heterocycles. The van der Waals surface area contributed by atoms with Gasteiger partial charge in [0.15, 0.2) is 0 Å². The smallest absolute Gasteiger partial charge is 0.0465 e. The zero-order valence-corrected chi connectivity index (χ0v) is 13.9. The molecule has 2 aromatic carbocycles. The highest BCUT2D eigenvalue weighted by molar-refractivity contribution is 6.35. The fourth-order valence-electron chi connectivity index (χ4n) is 3.04. The number of aryl methyl sites for hydroxylation is 1. The molecule has 0 unspecified atom stereocenters. The number of benzene rings is 2. The molecular weight excluding hydrogens is 315 g/mol. The first-order valence-electron chi connectivity index (χ1n) is 7.43. The second-order valence-corrected chi connectivity index (χ2v) is 6.23. The standard InChI is InChI=1S/C18H18Cl2N2/c1-2-16-15(6-7-21)18-14(4-3-5-17(18)22-16)11-8-12(19)10-13(20)9-11/h3-5,8-10,22H,2,6-7,21H2,1H3. The number of nitrogens with one attached hydrogen (secondary N) is 1. The molecular formula is C18H18Cl2N2. The summed E-state index contributed by atoms with van der Waals surface area (Å²) < 4.78 is 0. The van der Waals surface area contributed by atoms with Gasteiger partial charge in [-0.2, -0.15) is 0 Å². The van der Waals surface area contributed by atoms with E-state index in [1.54, 1.807) is 6.07 Å². The van der Waals surface area contributed by atoms with E-state index in [2.05, 4.69) is 30.1 Å². The van der Waals surface area contributed by atoms with Crippen LogP contribution in [0.2, 0.25) is 10.0 Å². The summed E-state index contributed by atoms with van der Waals surface area (Å²) in [6.45, 7) is 2.78. The maximum Gasteiger partial charge on any atom is 0.0465 e. The lowest BCUT2D eigenvalue weighted by Crippen LogP contribution is -2.04. The average molecular weight is 333 g/mol. The molecule has 0 atom stereocenters. The molecule has 4 heteroatoms. The van der Waals surface area contributed by atoms with Crippen molar-refractivity contribution in [2.75, 3.05) is 6.54 Å². The van der Waals surface area contributed by atoms with Crippen LogP contribution in [0.5, 0.6) is 0 Å². The monoisotopic (exact) mass is 332 g/mol. The van der Waals surface area contributed by atoms with Gasteiger partial charge in [0.25, 0.3) is 0 Å². The average Bonchev–Trinajstić information content (AvgIpc) is 2.84. The van der Waals surface area contributed by atoms with Crippen molar-refractivity contribution < 1.29 is 0 Å². The van der Waals surface area contributed by atoms with E-state index in [0.717, 1.165) is 29.5 Å². The van der Waals surface area contributed by atoms with Gasteiger partial charge in [0.05, 0.1) is 0 Å². The fraction of sp³-hybridized carbons (Fsp3) is 0.222. The van der Waals surface area contributed by atoms with Crippen LogP contribution >= 0.6 is 23.2 Å². The molecule has 0 aliphatic heterocycles. The molecule has 0 saturated heterocycles. The van der Waals surface area contributed by atoms with Gasteiger partial charge in [-0.1, -0.05) is 42.3 Å². The van der Waals surface area contributed by atoms with Crippen molar-refractivity contribution in [1.82, 2.24) is 4.98 Å². The van der Waals surface area contributed by atoms with Crippen LogP contribution in [0.4, 0.5) is 0 Å². The van der Waals surface area contributed by atoms with E-state index < -0.39 is 0 Å². The lowest BCUT2D eigenvalue weighted by Gasteiger charge is -2.08. The third-order valence-electron chi connectivity index (χ3n) is 3.94. The van der Waals surface area contributed by atoms with Crippen molar-refractivity contribution in [2.24, 2.45) is 5.73 Å². The number of nitrogens with two attached hydrogens (primary N) is 1. The lowest BCUT2D eigenvalue weighted by molar-refractivity contribution is 0.936. The van der Waals surface area contributed by atoms with Gasteiger partial charge in [0.2, 0.25) is 0 Å². The minimum Gasteiger partial charge on any atom is -0.358 e. The summed E-state index contributed by atoms with van der Waals surface area (Å²) in [5.41, 5.74) is 11.7. The molecule has 22 heavy (non-hydrogen) atoms. The number of rotatable bonds is 4. The van der Waals surface area contributed by atoms with Crippen LogP contribution in [0.25, 0.3) is 22.0 Å². The number of halogens is 2. The summed E-state index contributed by atoms with van der Waals surface area (Å²) in [7, 11) is 0. The number of hydrogen-bond donors (Lipinski definition) is 2. The van der Waals surface area contributed by atoms with E-state index in [-0.39, 0.29) is 0 Å². The Kier molecular flexibility index (Phi) is 4.44. The molecule has 0 radical (unpaired) electrons. The van der Waals surface area contributed by atoms with Crippen LogP contribution in [0.15, 0.2) is 36.4 Å². The van der Waals surface area contributed by atoms with Crippen LogP contribution in [0.3, 0.4) is 0 Å². The first kappa shape index (κ1) is 15.4. The summed E-state index contributed by atoms with van der Waals surface area (Å²) in [5, 5.41) is 2.51. The molecule has 0 aliphatic carbocycles. The molecule has 0 amide bonds. The van der Waals surface area contributed by atoms with Gasteiger partial charge in [-0.05, 0) is 60.3 Å². The topological polar surface area (TPSA) is 41.8 Å². The third-order valence-corrected chi connectivity index (χ3v) is 4.37. The largest absolute Gasteiger partial charge is 0.358 e. The maximum atomic E-state index is 6.17. The molecule has 2 nitrogen and oxygen atoms in total. The van der Waals surface area contributed by atoms with Crippen molar-refractivity contribution in [3.63, 3.8) is 0 Å². The molecule has 3 rings (SSSR count). The molecule has 1 aromatic heterocycles. The summed E-state index contributed by atoms with van der Waals surface area (Å²) in [5.74, 6) is 0. The SMILES string of the molecule is CCc1[nH]c2cccc(-c3cc(Cl)cc(Cl)c3)c2c1CCN. The Morgan fingerprint density at radius 2 is 1.82 bits per heavy atom. The highest BCUT2D eigenvalue weighted by Crippen LogP contribution is 2.35. The highest BCUT2D eigenvalue weighted by Gasteiger charge is 2.14. The van der Waals surface area contributed by atoms with E-state index in [4.69, 9.17) is 28.9 Å². The van der Waals surface area contributed by atoms with E-state index in [9.17, 15) is 0 Å². The molecule has 0 fully saturated rings. The molecule has 0 saturated carbocycles. The zero-order valence-electron chi connectivity index (χ0n) is 12.4. The number of aromatic amines is 1. The Bertz CT molecular complexity index is 801. The minimum absolute atomic E-state index is 0.630. The Labute approximate surface area is 140 Å². The van der Waals surface area contributed by atoms with Gasteiger partial charge in [0.1, 0.15) is 0 Å². The van der Waals surface area contributed by atoms with Gasteiger partial charge < -0.3 is 10.7 Å². The Morgan fingerprint density at radius 3 is 2.45 bits per heavy atom. The van der Waals surface area contributed by atoms with Crippen molar-refractivity contribution in [2.45, 2.75) is 19.8 Å². The van der Waals surface area contributed by atoms with E-state index in [1.165, 1.54) is 16.6 Å². The van der Waals surface area contributed by atoms with Crippen LogP contribution in [0, 0.1) is 0 Å². The van der Waals surface area contributed by atoms with Crippen molar-refractivity contribution in [3.05, 3.63) is 57.7 Å². The van der Waals surface area contributed by atoms with Gasteiger partial charge in [0, 0.05) is 26.6 Å². The van der Waals surface area contributed by atoms with Gasteiger partial charge in [-0.25, -0.2) is 0 Å². The second-order valence-electron chi connectivity index (χ2n) is 5.36. The van der Waals surface area contributed by atoms with Crippen LogP contribution in [0.1, 0.15) is 18.2 Å². The normalized spacial score (nSPS) is 11.3. The lowest BCUT2D eigenvalue weighted by atomic mass is 9.96. The molecule has 114 valence electrons. The highest BCUT2D eigenvalue weighted by atomic mass is 35.5. The van der Waals surface area contributed by atoms with Gasteiger partial charge >= 0.3 is 0 Å². The zero-order chi connectivity index (χ0) is 15.7. The van der Waals surface area contributed by atoms with Crippen LogP contribution in [-0.2, 0) is 12.8 Å². The maximum absolute atomic E-state index is 6.17. The fourth-order valence-corrected chi connectivity index (χ4v) is 3.57. The van der Waals surface area contributed by atoms with E-state index in [1.807, 2.05) is 12.1 Å². The quantitative estimate of drug-likeness (QED) is 0.676. The van der Waals surface area contributed by atoms with Gasteiger partial charge in [-0.3, -0.25) is 0 Å². The van der Waals surface area contributed by atoms with E-state index >= 15 is 0 Å². The predicted molar refractivity (Wildman–Crippen MR) is 95.9 cm³/mol. The first-order valence-corrected chi connectivity index (χ1v) is 8.18. The Morgan fingerprint density at radius 1 is 1.09 bits per heavy atom. The molecule has 3 aromatic rings. The summed E-state index contributed by atoms with van der Waals surface area (Å²) >= 11 is 12.3. The molecule has 0 bridgehead atoms. The molecule has 3 N–H and O–H groups in total. The number of H-pyrrole nitrogens is 1. The van der Waals surface area contributed by atoms with E-state index in [0.29, 0.717) is 16.6 Å². The van der Waals surface area contributed by atoms with Gasteiger partial charge in [-0.15, -0.1) is 0 Å². The molecule has 0 spiro atoms. The van der Waals surface area contributed by atoms with Crippen molar-refractivity contribution >= 4 is 34.1 Å². The summed E-state index contributed by atoms with van der Waals surface area (Å²) in [6, 6.07) is 11.9. The van der Waals surface area contributed by atoms with Crippen LogP contribution in [-0.4, -0.2) is 11.5 Å². The number of fused-ring (bicyclic) bond motifs is 1. The van der Waals surface area contributed by atoms with Crippen molar-refractivity contribution in [3.8, 4) is 11.1 Å². The Hall–Kier alpha value is -1.48. The molecule has 0 aliphatic rings.